The number of carbonyl (C=O) groups is 1. The molecule has 0 saturated carbocycles. The van der Waals surface area contributed by atoms with Crippen LogP contribution >= 0.6 is 0 Å². The molecule has 0 aliphatic heterocycles. The second kappa shape index (κ2) is 5.90. The van der Waals surface area contributed by atoms with Crippen LogP contribution < -0.4 is 5.32 Å². The molecule has 1 aromatic rings. The summed E-state index contributed by atoms with van der Waals surface area (Å²) in [4.78, 5) is 14.2. The summed E-state index contributed by atoms with van der Waals surface area (Å²) in [6, 6.07) is 3.46. The largest absolute Gasteiger partial charge is 0.319 e. The van der Waals surface area contributed by atoms with Crippen molar-refractivity contribution in [3.63, 3.8) is 0 Å². The zero-order valence-corrected chi connectivity index (χ0v) is 8.08. The van der Waals surface area contributed by atoms with Gasteiger partial charge in [0.1, 0.15) is 5.69 Å². The lowest BCUT2D eigenvalue weighted by Crippen LogP contribution is -2.05. The molecule has 0 amide bonds. The molecular weight excluding hydrogens is 176 g/mol. The van der Waals surface area contributed by atoms with Crippen LogP contribution in [0.25, 0.3) is 0 Å². The summed E-state index contributed by atoms with van der Waals surface area (Å²) in [5, 5.41) is 3.01. The zero-order valence-electron chi connectivity index (χ0n) is 8.08. The maximum Gasteiger partial charge on any atom is 0.168 e. The summed E-state index contributed by atoms with van der Waals surface area (Å²) < 4.78 is 0. The Morgan fingerprint density at radius 3 is 3.00 bits per heavy atom. The van der Waals surface area contributed by atoms with E-state index in [1.54, 1.807) is 18.3 Å². The van der Waals surface area contributed by atoms with Crippen LogP contribution in [0.2, 0.25) is 0 Å². The second-order valence-corrected chi connectivity index (χ2v) is 2.74. The molecule has 72 valence electrons. The minimum Gasteiger partial charge on any atom is -0.319 e. The van der Waals surface area contributed by atoms with Crippen molar-refractivity contribution in [1.82, 2.24) is 10.3 Å². The minimum absolute atomic E-state index is 0.436. The molecule has 0 aliphatic rings. The van der Waals surface area contributed by atoms with Gasteiger partial charge in [-0.3, -0.25) is 9.78 Å². The van der Waals surface area contributed by atoms with Gasteiger partial charge in [0.2, 0.25) is 0 Å². The molecular formula is C11H12N2O. The van der Waals surface area contributed by atoms with Crippen molar-refractivity contribution in [2.75, 3.05) is 13.6 Å². The molecule has 0 radical (unpaired) electrons. The number of rotatable bonds is 3. The van der Waals surface area contributed by atoms with E-state index < -0.39 is 0 Å². The third-order valence-corrected chi connectivity index (χ3v) is 1.64. The van der Waals surface area contributed by atoms with Gasteiger partial charge in [0, 0.05) is 24.7 Å². The third kappa shape index (κ3) is 3.38. The van der Waals surface area contributed by atoms with Crippen LogP contribution in [0.1, 0.15) is 22.5 Å². The number of aldehydes is 1. The van der Waals surface area contributed by atoms with E-state index in [2.05, 4.69) is 22.1 Å². The quantitative estimate of drug-likeness (QED) is 0.434. The van der Waals surface area contributed by atoms with Crippen LogP contribution in [-0.4, -0.2) is 24.9 Å². The molecule has 0 unspecified atom stereocenters. The fourth-order valence-electron chi connectivity index (χ4n) is 0.901. The van der Waals surface area contributed by atoms with Crippen molar-refractivity contribution in [3.05, 3.63) is 29.6 Å². The Hall–Kier alpha value is -1.66. The summed E-state index contributed by atoms with van der Waals surface area (Å²) in [7, 11) is 1.89. The highest BCUT2D eigenvalue weighted by molar-refractivity contribution is 5.71. The third-order valence-electron chi connectivity index (χ3n) is 1.64. The topological polar surface area (TPSA) is 42.0 Å². The van der Waals surface area contributed by atoms with Crippen LogP contribution in [-0.2, 0) is 0 Å². The molecule has 0 aromatic carbocycles. The zero-order chi connectivity index (χ0) is 10.2. The van der Waals surface area contributed by atoms with Gasteiger partial charge < -0.3 is 5.32 Å². The first-order chi connectivity index (χ1) is 6.86. The highest BCUT2D eigenvalue weighted by Gasteiger charge is 1.89. The molecule has 1 rings (SSSR count). The predicted octanol–water partition coefficient (Wildman–Crippen LogP) is 0.855. The molecule has 0 aliphatic carbocycles. The summed E-state index contributed by atoms with van der Waals surface area (Å²) >= 11 is 0. The summed E-state index contributed by atoms with van der Waals surface area (Å²) in [5.74, 6) is 5.96. The molecule has 14 heavy (non-hydrogen) atoms. The van der Waals surface area contributed by atoms with E-state index in [-0.39, 0.29) is 0 Å². The summed E-state index contributed by atoms with van der Waals surface area (Å²) in [6.07, 6.45) is 3.14. The normalized spacial score (nSPS) is 8.93. The summed E-state index contributed by atoms with van der Waals surface area (Å²) in [6.45, 7) is 0.882. The lowest BCUT2D eigenvalue weighted by atomic mass is 10.2. The van der Waals surface area contributed by atoms with Gasteiger partial charge >= 0.3 is 0 Å². The van der Waals surface area contributed by atoms with E-state index >= 15 is 0 Å². The van der Waals surface area contributed by atoms with E-state index in [1.165, 1.54) is 0 Å². The van der Waals surface area contributed by atoms with E-state index in [0.717, 1.165) is 24.8 Å². The number of aromatic nitrogens is 1. The van der Waals surface area contributed by atoms with Crippen molar-refractivity contribution in [3.8, 4) is 11.8 Å². The van der Waals surface area contributed by atoms with Crippen molar-refractivity contribution >= 4 is 6.29 Å². The van der Waals surface area contributed by atoms with Gasteiger partial charge in [-0.05, 0) is 19.2 Å². The molecule has 0 spiro atoms. The number of hydrogen-bond donors (Lipinski definition) is 1. The van der Waals surface area contributed by atoms with Gasteiger partial charge in [0.25, 0.3) is 0 Å². The standard InChI is InChI=1S/C11H12N2O/c1-12-7-3-2-4-10-5-6-11(9-14)13-8-10/h5-6,8-9,12H,3,7H2,1H3. The number of pyridine rings is 1. The molecule has 0 bridgehead atoms. The van der Waals surface area contributed by atoms with Gasteiger partial charge in [-0.15, -0.1) is 0 Å². The monoisotopic (exact) mass is 188 g/mol. The molecule has 0 saturated heterocycles. The fourth-order valence-corrected chi connectivity index (χ4v) is 0.901. The van der Waals surface area contributed by atoms with E-state index in [4.69, 9.17) is 0 Å². The Balaban J connectivity index is 2.57. The maximum atomic E-state index is 10.3. The van der Waals surface area contributed by atoms with Gasteiger partial charge in [-0.2, -0.15) is 0 Å². The van der Waals surface area contributed by atoms with Crippen molar-refractivity contribution in [1.29, 1.82) is 0 Å². The number of nitrogens with zero attached hydrogens (tertiary/aromatic N) is 1. The van der Waals surface area contributed by atoms with Gasteiger partial charge in [0.05, 0.1) is 0 Å². The number of carbonyl (C=O) groups excluding carboxylic acids is 1. The Kier molecular flexibility index (Phi) is 4.39. The van der Waals surface area contributed by atoms with Gasteiger partial charge in [-0.25, -0.2) is 0 Å². The van der Waals surface area contributed by atoms with Crippen LogP contribution in [0.4, 0.5) is 0 Å². The van der Waals surface area contributed by atoms with Crippen molar-refractivity contribution in [2.24, 2.45) is 0 Å². The van der Waals surface area contributed by atoms with Crippen LogP contribution in [0, 0.1) is 11.8 Å². The second-order valence-electron chi connectivity index (χ2n) is 2.74. The Morgan fingerprint density at radius 1 is 1.57 bits per heavy atom. The summed E-state index contributed by atoms with van der Waals surface area (Å²) in [5.41, 5.74) is 1.28. The molecule has 3 nitrogen and oxygen atoms in total. The van der Waals surface area contributed by atoms with E-state index in [0.29, 0.717) is 5.69 Å². The Labute approximate surface area is 83.6 Å². The fraction of sp³-hybridized carbons (Fsp3) is 0.273. The van der Waals surface area contributed by atoms with Crippen LogP contribution in [0.15, 0.2) is 18.3 Å². The number of nitrogens with one attached hydrogen (secondary N) is 1. The first kappa shape index (κ1) is 10.4. The smallest absolute Gasteiger partial charge is 0.168 e. The molecule has 3 heteroatoms. The van der Waals surface area contributed by atoms with Crippen molar-refractivity contribution < 1.29 is 4.79 Å². The SMILES string of the molecule is CNCCC#Cc1ccc(C=O)nc1. The Bertz CT molecular complexity index is 346. The Morgan fingerprint density at radius 2 is 2.43 bits per heavy atom. The lowest BCUT2D eigenvalue weighted by Gasteiger charge is -1.90. The first-order valence-electron chi connectivity index (χ1n) is 4.41. The molecule has 0 fully saturated rings. The highest BCUT2D eigenvalue weighted by atomic mass is 16.1. The average molecular weight is 188 g/mol. The van der Waals surface area contributed by atoms with Crippen molar-refractivity contribution in [2.45, 2.75) is 6.42 Å². The average Bonchev–Trinajstić information content (AvgIpc) is 2.25. The minimum atomic E-state index is 0.436. The molecule has 1 aromatic heterocycles. The highest BCUT2D eigenvalue weighted by Crippen LogP contribution is 1.96. The van der Waals surface area contributed by atoms with E-state index in [1.807, 2.05) is 7.05 Å². The molecule has 1 heterocycles. The van der Waals surface area contributed by atoms with Gasteiger partial charge in [0.15, 0.2) is 6.29 Å². The van der Waals surface area contributed by atoms with E-state index in [9.17, 15) is 4.79 Å². The van der Waals surface area contributed by atoms with Crippen LogP contribution in [0.5, 0.6) is 0 Å². The first-order valence-corrected chi connectivity index (χ1v) is 4.41. The molecule has 0 atom stereocenters. The van der Waals surface area contributed by atoms with Gasteiger partial charge in [-0.1, -0.05) is 11.8 Å². The van der Waals surface area contributed by atoms with Crippen LogP contribution in [0.3, 0.4) is 0 Å². The predicted molar refractivity (Wildman–Crippen MR) is 55.0 cm³/mol. The molecule has 1 N–H and O–H groups in total. The number of hydrogen-bond acceptors (Lipinski definition) is 3. The maximum absolute atomic E-state index is 10.3. The lowest BCUT2D eigenvalue weighted by molar-refractivity contribution is 0.111.